The third kappa shape index (κ3) is 5.29. The first-order valence-corrected chi connectivity index (χ1v) is 13.9. The van der Waals surface area contributed by atoms with E-state index in [1.54, 1.807) is 39.5 Å². The van der Waals surface area contributed by atoms with Crippen molar-refractivity contribution >= 4 is 33.4 Å². The average Bonchev–Trinajstić information content (AvgIpc) is 3.42. The maximum Gasteiger partial charge on any atom is 0.228 e. The normalized spacial score (nSPS) is 12.8. The van der Waals surface area contributed by atoms with Gasteiger partial charge in [0, 0.05) is 36.1 Å². The minimum Gasteiger partial charge on any atom is -0.495 e. The summed E-state index contributed by atoms with van der Waals surface area (Å²) in [5.74, 6) is 1.95. The maximum absolute atomic E-state index is 13.2. The van der Waals surface area contributed by atoms with Gasteiger partial charge < -0.3 is 24.5 Å². The Morgan fingerprint density at radius 3 is 2.07 bits per heavy atom. The number of carbonyl (C=O) groups excluding carboxylic acids is 1. The van der Waals surface area contributed by atoms with E-state index in [1.165, 1.54) is 16.7 Å². The summed E-state index contributed by atoms with van der Waals surface area (Å²) >= 11 is 0. The van der Waals surface area contributed by atoms with Crippen molar-refractivity contribution in [2.75, 3.05) is 33.2 Å². The van der Waals surface area contributed by atoms with Crippen LogP contribution in [0.3, 0.4) is 0 Å². The molecule has 8 nitrogen and oxygen atoms in total. The van der Waals surface area contributed by atoms with E-state index in [-0.39, 0.29) is 17.8 Å². The molecule has 214 valence electrons. The second kappa shape index (κ2) is 11.6. The zero-order valence-corrected chi connectivity index (χ0v) is 24.0. The van der Waals surface area contributed by atoms with Crippen molar-refractivity contribution in [3.63, 3.8) is 0 Å². The molecule has 0 bridgehead atoms. The van der Waals surface area contributed by atoms with E-state index < -0.39 is 0 Å². The van der Waals surface area contributed by atoms with Gasteiger partial charge in [-0.1, -0.05) is 30.3 Å². The number of pyridine rings is 1. The number of nitrogens with one attached hydrogen (secondary N) is 2. The topological polar surface area (TPSA) is 92.9 Å². The van der Waals surface area contributed by atoms with Crippen LogP contribution >= 0.6 is 0 Å². The van der Waals surface area contributed by atoms with Crippen LogP contribution in [0.1, 0.15) is 22.3 Å². The lowest BCUT2D eigenvalue weighted by Gasteiger charge is -2.15. The van der Waals surface area contributed by atoms with Crippen LogP contribution in [0.4, 0.5) is 5.69 Å². The number of H-pyrrole nitrogens is 1. The number of para-hydroxylation sites is 2. The van der Waals surface area contributed by atoms with Gasteiger partial charge in [0.05, 0.1) is 38.8 Å². The molecule has 2 heterocycles. The molecule has 0 atom stereocenters. The number of anilines is 1. The third-order valence-corrected chi connectivity index (χ3v) is 7.94. The summed E-state index contributed by atoms with van der Waals surface area (Å²) in [6.45, 7) is 2.68. The molecule has 0 spiro atoms. The standard InChI is InChI=1S/C34H33N3O5/c1-40-28-9-5-8-27-33(28)36-32-22(6-4-7-26(32)34(27)39)18-31(38)35-25-12-10-21(11-13-25)14-15-37-19-23-16-29(41-2)30(42-3)17-24(23)20-37/h4-13,16-17H,14-15,18-20H2,1-3H3,(H,35,38)(H,36,39). The number of hydrogen-bond acceptors (Lipinski definition) is 6. The predicted octanol–water partition coefficient (Wildman–Crippen LogP) is 5.45. The van der Waals surface area contributed by atoms with Crippen LogP contribution in [-0.2, 0) is 30.7 Å². The SMILES string of the molecule is COc1cc2c(cc1OC)CN(CCc1ccc(NC(=O)Cc3cccc4c(=O)c5cccc(OC)c5[nH]c34)cc1)C2. The van der Waals surface area contributed by atoms with Crippen molar-refractivity contribution in [3.8, 4) is 17.2 Å². The van der Waals surface area contributed by atoms with E-state index in [1.807, 2.05) is 30.3 Å². The number of benzene rings is 4. The zero-order chi connectivity index (χ0) is 29.2. The molecule has 8 heteroatoms. The van der Waals surface area contributed by atoms with Crippen molar-refractivity contribution in [2.45, 2.75) is 25.9 Å². The maximum atomic E-state index is 13.2. The molecule has 5 aromatic rings. The summed E-state index contributed by atoms with van der Waals surface area (Å²) in [4.78, 5) is 32.0. The van der Waals surface area contributed by atoms with Crippen LogP contribution in [0.25, 0.3) is 21.8 Å². The fourth-order valence-electron chi connectivity index (χ4n) is 5.75. The summed E-state index contributed by atoms with van der Waals surface area (Å²) < 4.78 is 16.4. The molecule has 2 N–H and O–H groups in total. The molecule has 6 rings (SSSR count). The summed E-state index contributed by atoms with van der Waals surface area (Å²) in [6, 6.07) is 23.0. The van der Waals surface area contributed by atoms with Gasteiger partial charge in [0.2, 0.25) is 5.91 Å². The fourth-order valence-corrected chi connectivity index (χ4v) is 5.75. The Labute approximate surface area is 243 Å². The highest BCUT2D eigenvalue weighted by Crippen LogP contribution is 2.35. The molecular weight excluding hydrogens is 530 g/mol. The number of aromatic amines is 1. The quantitative estimate of drug-likeness (QED) is 0.232. The smallest absolute Gasteiger partial charge is 0.228 e. The summed E-state index contributed by atoms with van der Waals surface area (Å²) in [7, 11) is 4.89. The van der Waals surface area contributed by atoms with Gasteiger partial charge in [-0.15, -0.1) is 0 Å². The molecular formula is C34H33N3O5. The Kier molecular flexibility index (Phi) is 7.54. The van der Waals surface area contributed by atoms with Crippen LogP contribution in [-0.4, -0.2) is 43.7 Å². The minimum atomic E-state index is -0.156. The van der Waals surface area contributed by atoms with Gasteiger partial charge in [-0.05, 0) is 71.1 Å². The van der Waals surface area contributed by atoms with Crippen LogP contribution in [0.15, 0.2) is 77.6 Å². The molecule has 1 aromatic heterocycles. The van der Waals surface area contributed by atoms with Crippen molar-refractivity contribution in [2.24, 2.45) is 0 Å². The molecule has 1 aliphatic rings. The summed E-state index contributed by atoms with van der Waals surface area (Å²) in [5, 5.41) is 4.10. The number of methoxy groups -OCH3 is 3. The highest BCUT2D eigenvalue weighted by molar-refractivity contribution is 5.99. The average molecular weight is 564 g/mol. The lowest BCUT2D eigenvalue weighted by Crippen LogP contribution is -2.19. The number of fused-ring (bicyclic) bond motifs is 3. The Morgan fingerprint density at radius 2 is 1.43 bits per heavy atom. The number of ether oxygens (including phenoxy) is 3. The highest BCUT2D eigenvalue weighted by atomic mass is 16.5. The van der Waals surface area contributed by atoms with E-state index in [4.69, 9.17) is 14.2 Å². The monoisotopic (exact) mass is 563 g/mol. The number of amides is 1. The molecule has 0 fully saturated rings. The molecule has 0 radical (unpaired) electrons. The van der Waals surface area contributed by atoms with Crippen LogP contribution in [0.2, 0.25) is 0 Å². The molecule has 1 amide bonds. The van der Waals surface area contributed by atoms with Crippen molar-refractivity contribution in [1.29, 1.82) is 0 Å². The molecule has 42 heavy (non-hydrogen) atoms. The molecule has 1 aliphatic heterocycles. The summed E-state index contributed by atoms with van der Waals surface area (Å²) in [5.41, 5.74) is 6.40. The molecule has 0 aliphatic carbocycles. The molecule has 0 saturated heterocycles. The van der Waals surface area contributed by atoms with Gasteiger partial charge >= 0.3 is 0 Å². The number of aromatic nitrogens is 1. The zero-order valence-electron chi connectivity index (χ0n) is 24.0. The van der Waals surface area contributed by atoms with E-state index in [2.05, 4.69) is 39.5 Å². The highest BCUT2D eigenvalue weighted by Gasteiger charge is 2.21. The van der Waals surface area contributed by atoms with Gasteiger partial charge in [-0.3, -0.25) is 14.5 Å². The predicted molar refractivity (Wildman–Crippen MR) is 165 cm³/mol. The number of hydrogen-bond donors (Lipinski definition) is 2. The third-order valence-electron chi connectivity index (χ3n) is 7.94. The van der Waals surface area contributed by atoms with Gasteiger partial charge in [-0.25, -0.2) is 0 Å². The van der Waals surface area contributed by atoms with Gasteiger partial charge in [0.15, 0.2) is 16.9 Å². The minimum absolute atomic E-state index is 0.0900. The van der Waals surface area contributed by atoms with E-state index >= 15 is 0 Å². The second-order valence-corrected chi connectivity index (χ2v) is 10.5. The van der Waals surface area contributed by atoms with Crippen molar-refractivity contribution < 1.29 is 19.0 Å². The number of carbonyl (C=O) groups is 1. The van der Waals surface area contributed by atoms with E-state index in [9.17, 15) is 9.59 Å². The first-order valence-electron chi connectivity index (χ1n) is 13.9. The second-order valence-electron chi connectivity index (χ2n) is 10.5. The Balaban J connectivity index is 1.10. The van der Waals surface area contributed by atoms with Crippen LogP contribution in [0, 0.1) is 0 Å². The van der Waals surface area contributed by atoms with Crippen LogP contribution < -0.4 is 25.0 Å². The molecule has 0 unspecified atom stereocenters. The Bertz CT molecular complexity index is 1810. The largest absolute Gasteiger partial charge is 0.495 e. The van der Waals surface area contributed by atoms with Crippen LogP contribution in [0.5, 0.6) is 17.2 Å². The van der Waals surface area contributed by atoms with E-state index in [0.717, 1.165) is 48.8 Å². The first-order chi connectivity index (χ1) is 20.5. The number of nitrogens with zero attached hydrogens (tertiary/aromatic N) is 1. The van der Waals surface area contributed by atoms with E-state index in [0.29, 0.717) is 27.6 Å². The van der Waals surface area contributed by atoms with Gasteiger partial charge in [-0.2, -0.15) is 0 Å². The molecule has 0 saturated carbocycles. The first kappa shape index (κ1) is 27.4. The Morgan fingerprint density at radius 1 is 0.810 bits per heavy atom. The Hall–Kier alpha value is -4.82. The lowest BCUT2D eigenvalue weighted by molar-refractivity contribution is -0.115. The summed E-state index contributed by atoms with van der Waals surface area (Å²) in [6.07, 6.45) is 1.03. The molecule has 4 aromatic carbocycles. The lowest BCUT2D eigenvalue weighted by atomic mass is 10.0. The van der Waals surface area contributed by atoms with Gasteiger partial charge in [0.1, 0.15) is 5.75 Å². The fraction of sp³-hybridized carbons (Fsp3) is 0.235. The van der Waals surface area contributed by atoms with Crippen molar-refractivity contribution in [3.05, 3.63) is 105 Å². The van der Waals surface area contributed by atoms with Gasteiger partial charge in [0.25, 0.3) is 0 Å². The van der Waals surface area contributed by atoms with Crippen molar-refractivity contribution in [1.82, 2.24) is 9.88 Å². The number of rotatable bonds is 9.